The smallest absolute Gasteiger partial charge is 0.123 e. The summed E-state index contributed by atoms with van der Waals surface area (Å²) in [7, 11) is 0. The van der Waals surface area contributed by atoms with Gasteiger partial charge in [0.25, 0.3) is 0 Å². The molecule has 2 rings (SSSR count). The second kappa shape index (κ2) is 5.81. The molecule has 18 heavy (non-hydrogen) atoms. The van der Waals surface area contributed by atoms with Crippen LogP contribution in [0.4, 0.5) is 4.39 Å². The molecule has 1 heteroatoms. The monoisotopic (exact) mass is 242 g/mol. The molecule has 0 saturated heterocycles. The summed E-state index contributed by atoms with van der Waals surface area (Å²) in [5.74, 6) is 0.147. The zero-order chi connectivity index (χ0) is 13.0. The summed E-state index contributed by atoms with van der Waals surface area (Å²) in [4.78, 5) is 0. The number of halogens is 1. The van der Waals surface area contributed by atoms with E-state index in [4.69, 9.17) is 0 Å². The molecule has 0 nitrogen and oxygen atoms in total. The first kappa shape index (κ1) is 12.8. The van der Waals surface area contributed by atoms with Crippen LogP contribution in [0.3, 0.4) is 0 Å². The normalized spacial score (nSPS) is 12.4. The first-order valence-corrected chi connectivity index (χ1v) is 6.53. The highest BCUT2D eigenvalue weighted by atomic mass is 19.1. The molecule has 0 spiro atoms. The van der Waals surface area contributed by atoms with Gasteiger partial charge in [-0.25, -0.2) is 4.39 Å². The van der Waals surface area contributed by atoms with E-state index in [0.717, 1.165) is 18.4 Å². The van der Waals surface area contributed by atoms with Gasteiger partial charge in [0.05, 0.1) is 0 Å². The Morgan fingerprint density at radius 1 is 1.06 bits per heavy atom. The third kappa shape index (κ3) is 2.79. The fourth-order valence-corrected chi connectivity index (χ4v) is 2.49. The minimum atomic E-state index is -0.151. The van der Waals surface area contributed by atoms with Crippen molar-refractivity contribution in [2.24, 2.45) is 0 Å². The molecule has 2 aromatic rings. The molecule has 0 aromatic heterocycles. The number of hydrogen-bond acceptors (Lipinski definition) is 0. The van der Waals surface area contributed by atoms with E-state index in [-0.39, 0.29) is 5.82 Å². The minimum absolute atomic E-state index is 0.151. The quantitative estimate of drug-likeness (QED) is 0.702. The van der Waals surface area contributed by atoms with Crippen LogP contribution in [0, 0.1) is 12.7 Å². The average molecular weight is 242 g/mol. The van der Waals surface area contributed by atoms with Gasteiger partial charge in [-0.15, -0.1) is 0 Å². The molecule has 0 bridgehead atoms. The largest absolute Gasteiger partial charge is 0.207 e. The Bertz CT molecular complexity index is 517. The van der Waals surface area contributed by atoms with Gasteiger partial charge in [0.15, 0.2) is 0 Å². The molecule has 0 radical (unpaired) electrons. The minimum Gasteiger partial charge on any atom is -0.207 e. The highest BCUT2D eigenvalue weighted by molar-refractivity contribution is 5.37. The van der Waals surface area contributed by atoms with Crippen molar-refractivity contribution >= 4 is 0 Å². The maximum atomic E-state index is 13.4. The third-order valence-corrected chi connectivity index (χ3v) is 3.39. The van der Waals surface area contributed by atoms with Crippen molar-refractivity contribution in [3.63, 3.8) is 0 Å². The highest BCUT2D eigenvalue weighted by Crippen LogP contribution is 2.31. The number of rotatable bonds is 4. The van der Waals surface area contributed by atoms with Crippen LogP contribution < -0.4 is 0 Å². The molecule has 0 amide bonds. The zero-order valence-corrected chi connectivity index (χ0v) is 11.0. The molecule has 0 fully saturated rings. The zero-order valence-electron chi connectivity index (χ0n) is 11.0. The summed E-state index contributed by atoms with van der Waals surface area (Å²) < 4.78 is 13.4. The van der Waals surface area contributed by atoms with Crippen LogP contribution in [0.2, 0.25) is 0 Å². The van der Waals surface area contributed by atoms with E-state index in [9.17, 15) is 4.39 Å². The first-order chi connectivity index (χ1) is 8.72. The Morgan fingerprint density at radius 3 is 2.50 bits per heavy atom. The van der Waals surface area contributed by atoms with E-state index in [1.165, 1.54) is 17.2 Å². The van der Waals surface area contributed by atoms with E-state index in [1.54, 1.807) is 12.1 Å². The maximum absolute atomic E-state index is 13.4. The van der Waals surface area contributed by atoms with E-state index in [1.807, 2.05) is 12.1 Å². The lowest BCUT2D eigenvalue weighted by molar-refractivity contribution is 0.618. The lowest BCUT2D eigenvalue weighted by Gasteiger charge is -2.19. The van der Waals surface area contributed by atoms with Crippen LogP contribution in [-0.2, 0) is 0 Å². The average Bonchev–Trinajstić information content (AvgIpc) is 2.37. The summed E-state index contributed by atoms with van der Waals surface area (Å²) in [6.45, 7) is 4.29. The summed E-state index contributed by atoms with van der Waals surface area (Å²) >= 11 is 0. The predicted molar refractivity (Wildman–Crippen MR) is 74.3 cm³/mol. The molecule has 2 aromatic carbocycles. The van der Waals surface area contributed by atoms with Crippen molar-refractivity contribution in [2.45, 2.75) is 32.6 Å². The van der Waals surface area contributed by atoms with Gasteiger partial charge < -0.3 is 0 Å². The fraction of sp³-hybridized carbons (Fsp3) is 0.294. The highest BCUT2D eigenvalue weighted by Gasteiger charge is 2.15. The Hall–Kier alpha value is -1.63. The Morgan fingerprint density at radius 2 is 1.83 bits per heavy atom. The summed E-state index contributed by atoms with van der Waals surface area (Å²) in [5.41, 5.74) is 3.66. The van der Waals surface area contributed by atoms with Crippen molar-refractivity contribution in [3.05, 3.63) is 71.0 Å². The first-order valence-electron chi connectivity index (χ1n) is 6.53. The second-order valence-corrected chi connectivity index (χ2v) is 4.75. The van der Waals surface area contributed by atoms with Gasteiger partial charge in [-0.2, -0.15) is 0 Å². The van der Waals surface area contributed by atoms with E-state index >= 15 is 0 Å². The van der Waals surface area contributed by atoms with E-state index in [0.29, 0.717) is 5.92 Å². The van der Waals surface area contributed by atoms with Gasteiger partial charge in [-0.1, -0.05) is 49.7 Å². The standard InChI is InChI=1S/C17H19F/c1-3-7-17(14-9-6-10-15(18)12-14)16-11-5-4-8-13(16)2/h4-6,8-12,17H,3,7H2,1-2H3. The molecule has 0 heterocycles. The number of aryl methyl sites for hydroxylation is 1. The topological polar surface area (TPSA) is 0 Å². The Kier molecular flexibility index (Phi) is 4.14. The number of hydrogen-bond donors (Lipinski definition) is 0. The van der Waals surface area contributed by atoms with Crippen molar-refractivity contribution in [1.82, 2.24) is 0 Å². The van der Waals surface area contributed by atoms with Crippen molar-refractivity contribution in [1.29, 1.82) is 0 Å². The Labute approximate surface area is 108 Å². The van der Waals surface area contributed by atoms with Crippen LogP contribution in [-0.4, -0.2) is 0 Å². The Balaban J connectivity index is 2.43. The molecule has 0 saturated carbocycles. The second-order valence-electron chi connectivity index (χ2n) is 4.75. The van der Waals surface area contributed by atoms with E-state index in [2.05, 4.69) is 32.0 Å². The molecule has 0 aliphatic rings. The lowest BCUT2D eigenvalue weighted by atomic mass is 9.85. The lowest BCUT2D eigenvalue weighted by Crippen LogP contribution is -2.03. The van der Waals surface area contributed by atoms with Crippen molar-refractivity contribution < 1.29 is 4.39 Å². The van der Waals surface area contributed by atoms with Crippen LogP contribution >= 0.6 is 0 Å². The molecule has 94 valence electrons. The van der Waals surface area contributed by atoms with Crippen LogP contribution in [0.5, 0.6) is 0 Å². The molecular formula is C17H19F. The van der Waals surface area contributed by atoms with Crippen molar-refractivity contribution in [2.75, 3.05) is 0 Å². The van der Waals surface area contributed by atoms with Gasteiger partial charge in [-0.05, 0) is 42.2 Å². The SMILES string of the molecule is CCCC(c1cccc(F)c1)c1ccccc1C. The number of benzene rings is 2. The van der Waals surface area contributed by atoms with Gasteiger partial charge in [-0.3, -0.25) is 0 Å². The molecule has 1 unspecified atom stereocenters. The van der Waals surface area contributed by atoms with Gasteiger partial charge in [0.2, 0.25) is 0 Å². The summed E-state index contributed by atoms with van der Waals surface area (Å²) in [5, 5.41) is 0. The summed E-state index contributed by atoms with van der Waals surface area (Å²) in [6.07, 6.45) is 2.14. The molecule has 0 aliphatic carbocycles. The fourth-order valence-electron chi connectivity index (χ4n) is 2.49. The molecule has 0 N–H and O–H groups in total. The van der Waals surface area contributed by atoms with Crippen LogP contribution in [0.25, 0.3) is 0 Å². The molecule has 1 atom stereocenters. The van der Waals surface area contributed by atoms with Crippen LogP contribution in [0.1, 0.15) is 42.4 Å². The third-order valence-electron chi connectivity index (χ3n) is 3.39. The maximum Gasteiger partial charge on any atom is 0.123 e. The van der Waals surface area contributed by atoms with Gasteiger partial charge >= 0.3 is 0 Å². The molecular weight excluding hydrogens is 223 g/mol. The summed E-state index contributed by atoms with van der Waals surface area (Å²) in [6, 6.07) is 15.4. The molecule has 0 aliphatic heterocycles. The predicted octanol–water partition coefficient (Wildman–Crippen LogP) is 5.07. The van der Waals surface area contributed by atoms with Crippen molar-refractivity contribution in [3.8, 4) is 0 Å². The van der Waals surface area contributed by atoms with Gasteiger partial charge in [0.1, 0.15) is 5.82 Å². The van der Waals surface area contributed by atoms with Gasteiger partial charge in [0, 0.05) is 5.92 Å². The van der Waals surface area contributed by atoms with E-state index < -0.39 is 0 Å². The van der Waals surface area contributed by atoms with Crippen LogP contribution in [0.15, 0.2) is 48.5 Å².